The van der Waals surface area contributed by atoms with Crippen LogP contribution in [0.1, 0.15) is 35.6 Å². The van der Waals surface area contributed by atoms with Gasteiger partial charge >= 0.3 is 5.97 Å². The second kappa shape index (κ2) is 8.57. The largest absolute Gasteiger partial charge is 0.478 e. The van der Waals surface area contributed by atoms with Crippen LogP contribution >= 0.6 is 0 Å². The van der Waals surface area contributed by atoms with Gasteiger partial charge in [-0.2, -0.15) is 15.4 Å². The Morgan fingerprint density at radius 1 is 0.900 bits per heavy atom. The molecule has 0 aliphatic carbocycles. The van der Waals surface area contributed by atoms with Crippen LogP contribution in [0.4, 0.5) is 0 Å². The summed E-state index contributed by atoms with van der Waals surface area (Å²) in [5.41, 5.74) is 8.13. The monoisotopic (exact) mass is 395 g/mol. The first kappa shape index (κ1) is 19.3. The molecule has 1 aromatic heterocycles. The van der Waals surface area contributed by atoms with Gasteiger partial charge in [0.2, 0.25) is 0 Å². The Morgan fingerprint density at radius 2 is 1.60 bits per heavy atom. The predicted octanol–water partition coefficient (Wildman–Crippen LogP) is 5.42. The maximum Gasteiger partial charge on any atom is 0.328 e. The lowest BCUT2D eigenvalue weighted by molar-refractivity contribution is -0.131. The Morgan fingerprint density at radius 3 is 2.30 bits per heavy atom. The van der Waals surface area contributed by atoms with Crippen molar-refractivity contribution in [1.82, 2.24) is 15.4 Å². The number of rotatable bonds is 6. The maximum absolute atomic E-state index is 10.8. The normalized spacial score (nSPS) is 12.3. The fourth-order valence-corrected chi connectivity index (χ4v) is 3.60. The van der Waals surface area contributed by atoms with Crippen molar-refractivity contribution >= 4 is 34.2 Å². The van der Waals surface area contributed by atoms with Crippen LogP contribution in [-0.4, -0.2) is 26.5 Å². The fraction of sp³-hybridized carbons (Fsp3) is 0.0800. The van der Waals surface area contributed by atoms with Crippen molar-refractivity contribution < 1.29 is 9.90 Å². The summed E-state index contributed by atoms with van der Waals surface area (Å²) in [6, 6.07) is 24.4. The number of nitrogens with one attached hydrogen (secondary N) is 1. The van der Waals surface area contributed by atoms with E-state index in [4.69, 9.17) is 5.11 Å². The summed E-state index contributed by atoms with van der Waals surface area (Å²) in [5.74, 6) is -0.960. The molecule has 30 heavy (non-hydrogen) atoms. The highest BCUT2D eigenvalue weighted by molar-refractivity contribution is 6.00. The number of aliphatic carboxylic acids is 1. The van der Waals surface area contributed by atoms with Gasteiger partial charge in [0.1, 0.15) is 11.0 Å². The lowest BCUT2D eigenvalue weighted by Crippen LogP contribution is -1.95. The molecule has 2 N–H and O–H groups in total. The van der Waals surface area contributed by atoms with Gasteiger partial charge in [-0.25, -0.2) is 4.79 Å². The smallest absolute Gasteiger partial charge is 0.328 e. The van der Waals surface area contributed by atoms with Gasteiger partial charge in [-0.05, 0) is 58.0 Å². The average Bonchev–Trinajstić information content (AvgIpc) is 3.25. The van der Waals surface area contributed by atoms with Crippen LogP contribution in [0.3, 0.4) is 0 Å². The molecule has 0 amide bonds. The number of allylic oxidation sites excluding steroid dienone is 1. The van der Waals surface area contributed by atoms with Gasteiger partial charge in [0.15, 0.2) is 0 Å². The number of aromatic nitrogens is 3. The minimum Gasteiger partial charge on any atom is -0.478 e. The third-order valence-corrected chi connectivity index (χ3v) is 5.00. The molecule has 0 saturated carbocycles. The third-order valence-electron chi connectivity index (χ3n) is 5.00. The van der Waals surface area contributed by atoms with E-state index >= 15 is 0 Å². The van der Waals surface area contributed by atoms with E-state index in [1.165, 1.54) is 11.1 Å². The van der Waals surface area contributed by atoms with Gasteiger partial charge in [0.05, 0.1) is 0 Å². The highest BCUT2D eigenvalue weighted by atomic mass is 16.4. The topological polar surface area (TPSA) is 78.9 Å². The van der Waals surface area contributed by atoms with Crippen LogP contribution < -0.4 is 0 Å². The van der Waals surface area contributed by atoms with Crippen LogP contribution in [0.25, 0.3) is 28.3 Å². The zero-order chi connectivity index (χ0) is 20.9. The summed E-state index contributed by atoms with van der Waals surface area (Å²) < 4.78 is 0. The predicted molar refractivity (Wildman–Crippen MR) is 120 cm³/mol. The number of H-pyrrole nitrogens is 1. The molecule has 0 bridgehead atoms. The fourth-order valence-electron chi connectivity index (χ4n) is 3.60. The van der Waals surface area contributed by atoms with E-state index < -0.39 is 5.97 Å². The minimum absolute atomic E-state index is 0.814. The molecular weight excluding hydrogens is 374 g/mol. The molecular formula is C25H21N3O2. The van der Waals surface area contributed by atoms with Gasteiger partial charge in [-0.3, -0.25) is 0 Å². The van der Waals surface area contributed by atoms with Gasteiger partial charge in [0.25, 0.3) is 0 Å². The van der Waals surface area contributed by atoms with Crippen molar-refractivity contribution in [2.24, 2.45) is 0 Å². The van der Waals surface area contributed by atoms with Crippen LogP contribution in [0, 0.1) is 0 Å². The zero-order valence-electron chi connectivity index (χ0n) is 16.5. The highest BCUT2D eigenvalue weighted by Gasteiger charge is 2.14. The van der Waals surface area contributed by atoms with Gasteiger partial charge in [0, 0.05) is 6.08 Å². The van der Waals surface area contributed by atoms with Gasteiger partial charge in [-0.15, -0.1) is 0 Å². The molecule has 0 saturated heterocycles. The summed E-state index contributed by atoms with van der Waals surface area (Å²) in [6.45, 7) is 2.15. The Labute approximate surface area is 174 Å². The van der Waals surface area contributed by atoms with E-state index in [2.05, 4.69) is 40.5 Å². The van der Waals surface area contributed by atoms with Crippen molar-refractivity contribution in [3.05, 3.63) is 101 Å². The maximum atomic E-state index is 10.8. The summed E-state index contributed by atoms with van der Waals surface area (Å²) in [4.78, 5) is 10.8. The Kier molecular flexibility index (Phi) is 5.52. The number of carbonyl (C=O) groups is 1. The number of hydrogen-bond acceptors (Lipinski definition) is 3. The second-order valence-electron chi connectivity index (χ2n) is 6.89. The molecule has 5 nitrogen and oxygen atoms in total. The molecule has 0 aliphatic rings. The number of carboxylic acid groups (broad SMARTS) is 1. The first-order valence-electron chi connectivity index (χ1n) is 9.76. The summed E-state index contributed by atoms with van der Waals surface area (Å²) in [7, 11) is 0. The second-order valence-corrected chi connectivity index (χ2v) is 6.89. The van der Waals surface area contributed by atoms with Crippen molar-refractivity contribution in [2.75, 3.05) is 0 Å². The molecule has 4 aromatic rings. The Balaban J connectivity index is 1.89. The van der Waals surface area contributed by atoms with Crippen molar-refractivity contribution in [3.63, 3.8) is 0 Å². The van der Waals surface area contributed by atoms with E-state index in [1.54, 1.807) is 6.08 Å². The molecule has 1 heterocycles. The number of benzene rings is 3. The van der Waals surface area contributed by atoms with Crippen LogP contribution in [0.2, 0.25) is 0 Å². The van der Waals surface area contributed by atoms with E-state index in [0.29, 0.717) is 0 Å². The Hall–Kier alpha value is -3.99. The number of fused-ring (bicyclic) bond motifs is 1. The molecule has 4 rings (SSSR count). The van der Waals surface area contributed by atoms with Gasteiger partial charge < -0.3 is 5.11 Å². The van der Waals surface area contributed by atoms with Gasteiger partial charge in [-0.1, -0.05) is 67.6 Å². The third kappa shape index (κ3) is 4.05. The van der Waals surface area contributed by atoms with E-state index in [0.717, 1.165) is 45.8 Å². The van der Waals surface area contributed by atoms with E-state index in [1.807, 2.05) is 54.6 Å². The molecule has 0 aliphatic heterocycles. The SMILES string of the molecule is CC/C(=C(/c1ccc(C=CC(=O)O)cc1)c1ccc2n[nH]nc2c1)c1ccccc1. The van der Waals surface area contributed by atoms with E-state index in [-0.39, 0.29) is 0 Å². The van der Waals surface area contributed by atoms with Crippen LogP contribution in [0.5, 0.6) is 0 Å². The molecule has 0 radical (unpaired) electrons. The molecule has 0 unspecified atom stereocenters. The van der Waals surface area contributed by atoms with Crippen molar-refractivity contribution in [1.29, 1.82) is 0 Å². The summed E-state index contributed by atoms with van der Waals surface area (Å²) >= 11 is 0. The Bertz CT molecular complexity index is 1240. The number of carboxylic acids is 1. The molecule has 0 spiro atoms. The summed E-state index contributed by atoms with van der Waals surface area (Å²) in [5, 5.41) is 19.9. The lowest BCUT2D eigenvalue weighted by atomic mass is 9.88. The molecule has 148 valence electrons. The average molecular weight is 395 g/mol. The van der Waals surface area contributed by atoms with Crippen LogP contribution in [0.15, 0.2) is 78.9 Å². The number of nitrogens with zero attached hydrogens (tertiary/aromatic N) is 2. The lowest BCUT2D eigenvalue weighted by Gasteiger charge is -2.16. The molecule has 0 fully saturated rings. The first-order valence-corrected chi connectivity index (χ1v) is 9.76. The first-order chi connectivity index (χ1) is 14.7. The minimum atomic E-state index is -0.960. The van der Waals surface area contributed by atoms with Crippen molar-refractivity contribution in [3.8, 4) is 0 Å². The number of aromatic amines is 1. The zero-order valence-corrected chi connectivity index (χ0v) is 16.5. The van der Waals surface area contributed by atoms with E-state index in [9.17, 15) is 4.79 Å². The quantitative estimate of drug-likeness (QED) is 0.337. The van der Waals surface area contributed by atoms with Crippen LogP contribution in [-0.2, 0) is 4.79 Å². The van der Waals surface area contributed by atoms with Crippen molar-refractivity contribution in [2.45, 2.75) is 13.3 Å². The highest BCUT2D eigenvalue weighted by Crippen LogP contribution is 2.35. The molecule has 0 atom stereocenters. The standard InChI is InChI=1S/C25H21N3O2/c1-2-21(18-6-4-3-5-7-18)25(20-13-14-22-23(16-20)27-28-26-22)19-11-8-17(9-12-19)10-15-24(29)30/h3-16H,2H2,1H3,(H,29,30)(H,26,27,28)/b15-10?,25-21+. The molecule has 3 aromatic carbocycles. The summed E-state index contributed by atoms with van der Waals surface area (Å²) in [6.07, 6.45) is 3.59. The number of hydrogen-bond donors (Lipinski definition) is 2. The molecule has 5 heteroatoms.